The minimum atomic E-state index is 0.468. The number of aryl methyl sites for hydroxylation is 2. The number of piperazine rings is 1. The van der Waals surface area contributed by atoms with Crippen LogP contribution < -0.4 is 9.80 Å². The zero-order valence-corrected chi connectivity index (χ0v) is 14.6. The van der Waals surface area contributed by atoms with Gasteiger partial charge in [-0.2, -0.15) is 4.52 Å². The van der Waals surface area contributed by atoms with E-state index < -0.39 is 0 Å². The molecule has 0 aromatic carbocycles. The van der Waals surface area contributed by atoms with Crippen molar-refractivity contribution in [3.05, 3.63) is 35.5 Å². The van der Waals surface area contributed by atoms with Crippen molar-refractivity contribution >= 4 is 17.3 Å². The molecule has 3 aliphatic rings. The lowest BCUT2D eigenvalue weighted by atomic mass is 9.87. The molecule has 8 nitrogen and oxygen atoms in total. The van der Waals surface area contributed by atoms with E-state index in [-0.39, 0.29) is 0 Å². The molecule has 0 aliphatic carbocycles. The molecule has 0 spiro atoms. The minimum absolute atomic E-state index is 0.468. The van der Waals surface area contributed by atoms with Crippen molar-refractivity contribution in [1.29, 1.82) is 0 Å². The van der Waals surface area contributed by atoms with Crippen LogP contribution in [-0.2, 0) is 0 Å². The van der Waals surface area contributed by atoms with Crippen LogP contribution in [0.4, 0.5) is 11.6 Å². The van der Waals surface area contributed by atoms with Crippen LogP contribution in [0.1, 0.15) is 23.5 Å². The first-order valence-electron chi connectivity index (χ1n) is 8.62. The van der Waals surface area contributed by atoms with Crippen LogP contribution in [0.3, 0.4) is 0 Å². The maximum Gasteiger partial charge on any atom is 0.178 e. The van der Waals surface area contributed by atoms with E-state index in [0.29, 0.717) is 12.1 Å². The summed E-state index contributed by atoms with van der Waals surface area (Å²) in [6, 6.07) is 4.98. The fraction of sp³-hybridized carbons (Fsp3) is 0.471. The molecular formula is C17H20N8. The average Bonchev–Trinajstić information content (AvgIpc) is 2.98. The van der Waals surface area contributed by atoms with Crippen LogP contribution in [0.15, 0.2) is 18.5 Å². The number of aromatic nitrogens is 6. The van der Waals surface area contributed by atoms with Crippen molar-refractivity contribution in [3.8, 4) is 0 Å². The average molecular weight is 336 g/mol. The molecule has 3 aromatic rings. The second-order valence-corrected chi connectivity index (χ2v) is 6.97. The number of hydrogen-bond donors (Lipinski definition) is 0. The highest BCUT2D eigenvalue weighted by atomic mass is 15.4. The number of anilines is 2. The van der Waals surface area contributed by atoms with Gasteiger partial charge in [0.25, 0.3) is 0 Å². The van der Waals surface area contributed by atoms with Gasteiger partial charge < -0.3 is 9.80 Å². The SMILES string of the molecule is Cc1ncnc(N2CC3CC(C2)N3c2ccc3nnc(C)n3n2)c1C. The summed E-state index contributed by atoms with van der Waals surface area (Å²) in [4.78, 5) is 13.6. The monoisotopic (exact) mass is 336 g/mol. The largest absolute Gasteiger partial charge is 0.352 e. The van der Waals surface area contributed by atoms with E-state index in [0.717, 1.165) is 41.9 Å². The summed E-state index contributed by atoms with van der Waals surface area (Å²) >= 11 is 0. The van der Waals surface area contributed by atoms with Crippen molar-refractivity contribution in [1.82, 2.24) is 29.8 Å². The van der Waals surface area contributed by atoms with Crippen LogP contribution in [0, 0.1) is 20.8 Å². The Hall–Kier alpha value is -2.77. The van der Waals surface area contributed by atoms with Crippen LogP contribution in [0.2, 0.25) is 0 Å². The second kappa shape index (κ2) is 5.11. The number of fused-ring (bicyclic) bond motifs is 3. The van der Waals surface area contributed by atoms with E-state index in [1.54, 1.807) is 6.33 Å². The van der Waals surface area contributed by atoms with Crippen molar-refractivity contribution in [2.45, 2.75) is 39.3 Å². The summed E-state index contributed by atoms with van der Waals surface area (Å²) in [6.45, 7) is 8.00. The van der Waals surface area contributed by atoms with E-state index in [1.165, 1.54) is 12.0 Å². The standard InChI is InChI=1S/C17H20N8/c1-10-11(2)18-9-19-17(10)23-7-13-6-14(8-23)24(13)16-5-4-15-21-20-12(3)25(15)22-16/h4-5,9,13-14H,6-8H2,1-3H3. The zero-order chi connectivity index (χ0) is 17.1. The van der Waals surface area contributed by atoms with Crippen LogP contribution in [0.5, 0.6) is 0 Å². The Labute approximate surface area is 145 Å². The second-order valence-electron chi connectivity index (χ2n) is 6.97. The Balaban J connectivity index is 1.42. The molecule has 6 heterocycles. The first kappa shape index (κ1) is 14.6. The molecule has 2 atom stereocenters. The van der Waals surface area contributed by atoms with Gasteiger partial charge in [0, 0.05) is 24.3 Å². The van der Waals surface area contributed by atoms with E-state index in [1.807, 2.05) is 24.4 Å². The van der Waals surface area contributed by atoms with Gasteiger partial charge >= 0.3 is 0 Å². The zero-order valence-electron chi connectivity index (χ0n) is 14.6. The fourth-order valence-corrected chi connectivity index (χ4v) is 4.03. The third-order valence-corrected chi connectivity index (χ3v) is 5.47. The Morgan fingerprint density at radius 1 is 1.00 bits per heavy atom. The quantitative estimate of drug-likeness (QED) is 0.698. The lowest BCUT2D eigenvalue weighted by Gasteiger charge is -2.57. The lowest BCUT2D eigenvalue weighted by molar-refractivity contribution is 0.286. The molecule has 8 heteroatoms. The summed E-state index contributed by atoms with van der Waals surface area (Å²) in [5.74, 6) is 2.89. The maximum absolute atomic E-state index is 4.74. The molecule has 0 amide bonds. The molecule has 25 heavy (non-hydrogen) atoms. The maximum atomic E-state index is 4.74. The van der Waals surface area contributed by atoms with Crippen molar-refractivity contribution < 1.29 is 0 Å². The molecule has 3 saturated heterocycles. The van der Waals surface area contributed by atoms with E-state index in [4.69, 9.17) is 5.10 Å². The first-order valence-corrected chi connectivity index (χ1v) is 8.62. The third-order valence-electron chi connectivity index (χ3n) is 5.47. The predicted octanol–water partition coefficient (Wildman–Crippen LogP) is 1.31. The Bertz CT molecular complexity index is 952. The van der Waals surface area contributed by atoms with Gasteiger partial charge in [0.2, 0.25) is 0 Å². The van der Waals surface area contributed by atoms with Gasteiger partial charge in [0.1, 0.15) is 18.0 Å². The molecule has 2 bridgehead atoms. The lowest BCUT2D eigenvalue weighted by Crippen LogP contribution is -2.69. The number of nitrogens with zero attached hydrogens (tertiary/aromatic N) is 8. The van der Waals surface area contributed by atoms with Gasteiger partial charge in [-0.05, 0) is 39.3 Å². The summed E-state index contributed by atoms with van der Waals surface area (Å²) in [5, 5.41) is 12.9. The highest BCUT2D eigenvalue weighted by Crippen LogP contribution is 2.38. The Morgan fingerprint density at radius 3 is 2.60 bits per heavy atom. The van der Waals surface area contributed by atoms with Crippen LogP contribution in [-0.4, -0.2) is 55.0 Å². The van der Waals surface area contributed by atoms with E-state index in [9.17, 15) is 0 Å². The van der Waals surface area contributed by atoms with Crippen LogP contribution in [0.25, 0.3) is 5.65 Å². The van der Waals surface area contributed by atoms with Crippen LogP contribution >= 0.6 is 0 Å². The van der Waals surface area contributed by atoms with E-state index >= 15 is 0 Å². The summed E-state index contributed by atoms with van der Waals surface area (Å²) in [6.07, 6.45) is 2.88. The predicted molar refractivity (Wildman–Crippen MR) is 93.9 cm³/mol. The van der Waals surface area contributed by atoms with Gasteiger partial charge in [0.05, 0.1) is 12.1 Å². The molecular weight excluding hydrogens is 316 g/mol. The van der Waals surface area contributed by atoms with Gasteiger partial charge in [-0.3, -0.25) is 0 Å². The van der Waals surface area contributed by atoms with Gasteiger partial charge in [-0.1, -0.05) is 0 Å². The Kier molecular flexibility index (Phi) is 2.98. The number of piperidine rings is 1. The number of rotatable bonds is 2. The molecule has 0 radical (unpaired) electrons. The van der Waals surface area contributed by atoms with Gasteiger partial charge in [0.15, 0.2) is 11.5 Å². The summed E-state index contributed by atoms with van der Waals surface area (Å²) < 4.78 is 1.82. The molecule has 6 rings (SSSR count). The molecule has 0 saturated carbocycles. The smallest absolute Gasteiger partial charge is 0.178 e. The molecule has 0 N–H and O–H groups in total. The van der Waals surface area contributed by atoms with Crippen molar-refractivity contribution in [3.63, 3.8) is 0 Å². The summed E-state index contributed by atoms with van der Waals surface area (Å²) in [7, 11) is 0. The minimum Gasteiger partial charge on any atom is -0.352 e. The molecule has 3 fully saturated rings. The van der Waals surface area contributed by atoms with Gasteiger partial charge in [-0.15, -0.1) is 15.3 Å². The topological polar surface area (TPSA) is 75.3 Å². The fourth-order valence-electron chi connectivity index (χ4n) is 4.03. The Morgan fingerprint density at radius 2 is 1.80 bits per heavy atom. The molecule has 128 valence electrons. The summed E-state index contributed by atoms with van der Waals surface area (Å²) in [5.41, 5.74) is 3.02. The van der Waals surface area contributed by atoms with Crippen molar-refractivity contribution in [2.24, 2.45) is 0 Å². The highest BCUT2D eigenvalue weighted by molar-refractivity contribution is 5.56. The number of hydrogen-bond acceptors (Lipinski definition) is 7. The van der Waals surface area contributed by atoms with Gasteiger partial charge in [-0.25, -0.2) is 9.97 Å². The normalized spacial score (nSPS) is 22.4. The molecule has 3 aliphatic heterocycles. The van der Waals surface area contributed by atoms with Crippen molar-refractivity contribution in [2.75, 3.05) is 22.9 Å². The third kappa shape index (κ3) is 2.09. The highest BCUT2D eigenvalue weighted by Gasteiger charge is 2.46. The van der Waals surface area contributed by atoms with E-state index in [2.05, 4.69) is 43.0 Å². The molecule has 3 aromatic heterocycles. The first-order chi connectivity index (χ1) is 12.1. The molecule has 2 unspecified atom stereocenters.